The molecule has 2 fully saturated rings. The Morgan fingerprint density at radius 1 is 1.08 bits per heavy atom. The molecule has 2 unspecified atom stereocenters. The summed E-state index contributed by atoms with van der Waals surface area (Å²) in [4.78, 5) is 17.2. The summed E-state index contributed by atoms with van der Waals surface area (Å²) in [5.41, 5.74) is 1.35. The number of amides is 1. The van der Waals surface area contributed by atoms with Crippen LogP contribution in [-0.2, 0) is 20.8 Å². The van der Waals surface area contributed by atoms with Gasteiger partial charge in [-0.05, 0) is 37.8 Å². The summed E-state index contributed by atoms with van der Waals surface area (Å²) in [7, 11) is 1.64. The summed E-state index contributed by atoms with van der Waals surface area (Å²) in [5.74, 6) is 0.130. The first kappa shape index (κ1) is 18.4. The van der Waals surface area contributed by atoms with Gasteiger partial charge in [0, 0.05) is 32.3 Å². The van der Waals surface area contributed by atoms with Gasteiger partial charge in [0.15, 0.2) is 0 Å². The van der Waals surface area contributed by atoms with Crippen LogP contribution in [0.1, 0.15) is 31.2 Å². The van der Waals surface area contributed by atoms with E-state index in [1.54, 1.807) is 7.11 Å². The minimum absolute atomic E-state index is 0.130. The van der Waals surface area contributed by atoms with E-state index in [1.807, 2.05) is 0 Å². The lowest BCUT2D eigenvalue weighted by atomic mass is 10.0. The van der Waals surface area contributed by atoms with E-state index >= 15 is 0 Å². The van der Waals surface area contributed by atoms with Gasteiger partial charge in [0.05, 0.1) is 13.2 Å². The van der Waals surface area contributed by atoms with Crippen LogP contribution in [0.2, 0.25) is 0 Å². The van der Waals surface area contributed by atoms with Crippen molar-refractivity contribution in [2.45, 2.75) is 44.3 Å². The van der Waals surface area contributed by atoms with E-state index in [2.05, 4.69) is 40.1 Å². The largest absolute Gasteiger partial charge is 0.382 e. The second-order valence-electron chi connectivity index (χ2n) is 7.01. The average molecular weight is 346 g/mol. The molecule has 2 heterocycles. The van der Waals surface area contributed by atoms with Crippen molar-refractivity contribution in [1.29, 1.82) is 0 Å². The van der Waals surface area contributed by atoms with E-state index in [-0.39, 0.29) is 12.5 Å². The third kappa shape index (κ3) is 4.81. The number of methoxy groups -OCH3 is 1. The molecule has 0 bridgehead atoms. The molecule has 0 spiro atoms. The van der Waals surface area contributed by atoms with Crippen molar-refractivity contribution < 1.29 is 14.3 Å². The number of hydrogen-bond donors (Lipinski definition) is 0. The standard InChI is InChI=1S/C20H30N2O3/c1-24-13-14-25-16-20(23)22-12-6-10-19(22)18-9-5-11-21(18)15-17-7-3-2-4-8-17/h2-4,7-8,18-19H,5-6,9-16H2,1H3. The van der Waals surface area contributed by atoms with Crippen LogP contribution in [0.15, 0.2) is 30.3 Å². The SMILES string of the molecule is COCCOCC(=O)N1CCCC1C1CCCN1Cc1ccccc1. The van der Waals surface area contributed by atoms with E-state index in [9.17, 15) is 4.79 Å². The number of carbonyl (C=O) groups is 1. The number of likely N-dealkylation sites (tertiary alicyclic amines) is 2. The second kappa shape index (κ2) is 9.32. The highest BCUT2D eigenvalue weighted by molar-refractivity contribution is 5.78. The van der Waals surface area contributed by atoms with Crippen LogP contribution >= 0.6 is 0 Å². The number of ether oxygens (including phenoxy) is 2. The molecule has 0 N–H and O–H groups in total. The van der Waals surface area contributed by atoms with Crippen molar-refractivity contribution in [2.75, 3.05) is 40.0 Å². The van der Waals surface area contributed by atoms with Gasteiger partial charge in [-0.3, -0.25) is 9.69 Å². The highest BCUT2D eigenvalue weighted by atomic mass is 16.5. The molecule has 2 saturated heterocycles. The van der Waals surface area contributed by atoms with E-state index in [0.29, 0.717) is 25.3 Å². The van der Waals surface area contributed by atoms with E-state index < -0.39 is 0 Å². The second-order valence-corrected chi connectivity index (χ2v) is 7.01. The van der Waals surface area contributed by atoms with Crippen LogP contribution in [0.25, 0.3) is 0 Å². The zero-order valence-electron chi connectivity index (χ0n) is 15.2. The zero-order chi connectivity index (χ0) is 17.5. The number of hydrogen-bond acceptors (Lipinski definition) is 4. The van der Waals surface area contributed by atoms with Gasteiger partial charge >= 0.3 is 0 Å². The predicted molar refractivity (Wildman–Crippen MR) is 97.3 cm³/mol. The Morgan fingerprint density at radius 2 is 1.84 bits per heavy atom. The van der Waals surface area contributed by atoms with Crippen LogP contribution in [0, 0.1) is 0 Å². The van der Waals surface area contributed by atoms with Gasteiger partial charge in [0.1, 0.15) is 6.61 Å². The summed E-state index contributed by atoms with van der Waals surface area (Å²) in [6.07, 6.45) is 4.62. The van der Waals surface area contributed by atoms with E-state index in [4.69, 9.17) is 9.47 Å². The monoisotopic (exact) mass is 346 g/mol. The maximum atomic E-state index is 12.6. The molecule has 2 atom stereocenters. The highest BCUT2D eigenvalue weighted by Crippen LogP contribution is 2.31. The van der Waals surface area contributed by atoms with Gasteiger partial charge < -0.3 is 14.4 Å². The maximum Gasteiger partial charge on any atom is 0.248 e. The minimum atomic E-state index is 0.130. The van der Waals surface area contributed by atoms with Crippen molar-refractivity contribution in [3.63, 3.8) is 0 Å². The number of carbonyl (C=O) groups excluding carboxylic acids is 1. The van der Waals surface area contributed by atoms with Crippen molar-refractivity contribution in [3.8, 4) is 0 Å². The average Bonchev–Trinajstić information content (AvgIpc) is 3.28. The number of nitrogens with zero attached hydrogens (tertiary/aromatic N) is 2. The predicted octanol–water partition coefficient (Wildman–Crippen LogP) is 2.30. The molecule has 0 saturated carbocycles. The molecule has 3 rings (SSSR count). The molecule has 25 heavy (non-hydrogen) atoms. The molecular weight excluding hydrogens is 316 g/mol. The molecular formula is C20H30N2O3. The van der Waals surface area contributed by atoms with E-state index in [0.717, 1.165) is 32.5 Å². The van der Waals surface area contributed by atoms with E-state index in [1.165, 1.54) is 18.4 Å². The van der Waals surface area contributed by atoms with Crippen molar-refractivity contribution >= 4 is 5.91 Å². The lowest BCUT2D eigenvalue weighted by Crippen LogP contribution is -2.49. The summed E-state index contributed by atoms with van der Waals surface area (Å²) in [6.45, 7) is 4.16. The number of rotatable bonds is 8. The van der Waals surface area contributed by atoms with Gasteiger partial charge in [-0.15, -0.1) is 0 Å². The molecule has 0 aromatic heterocycles. The van der Waals surface area contributed by atoms with Gasteiger partial charge in [0.25, 0.3) is 0 Å². The first-order chi connectivity index (χ1) is 12.3. The molecule has 1 amide bonds. The minimum Gasteiger partial charge on any atom is -0.382 e. The van der Waals surface area contributed by atoms with Crippen LogP contribution in [-0.4, -0.2) is 67.8 Å². The Hall–Kier alpha value is -1.43. The fourth-order valence-corrected chi connectivity index (χ4v) is 4.19. The quantitative estimate of drug-likeness (QED) is 0.678. The van der Waals surface area contributed by atoms with Crippen LogP contribution in [0.4, 0.5) is 0 Å². The van der Waals surface area contributed by atoms with Crippen LogP contribution < -0.4 is 0 Å². The van der Waals surface area contributed by atoms with Gasteiger partial charge in [-0.25, -0.2) is 0 Å². The third-order valence-corrected chi connectivity index (χ3v) is 5.36. The van der Waals surface area contributed by atoms with Crippen molar-refractivity contribution in [1.82, 2.24) is 9.80 Å². The normalized spacial score (nSPS) is 24.1. The summed E-state index contributed by atoms with van der Waals surface area (Å²) >= 11 is 0. The first-order valence-corrected chi connectivity index (χ1v) is 9.43. The molecule has 138 valence electrons. The maximum absolute atomic E-state index is 12.6. The number of benzene rings is 1. The zero-order valence-corrected chi connectivity index (χ0v) is 15.2. The molecule has 0 radical (unpaired) electrons. The van der Waals surface area contributed by atoms with Crippen LogP contribution in [0.5, 0.6) is 0 Å². The third-order valence-electron chi connectivity index (χ3n) is 5.36. The van der Waals surface area contributed by atoms with Crippen molar-refractivity contribution in [3.05, 3.63) is 35.9 Å². The Kier molecular flexibility index (Phi) is 6.84. The Morgan fingerprint density at radius 3 is 2.64 bits per heavy atom. The summed E-state index contributed by atoms with van der Waals surface area (Å²) < 4.78 is 10.4. The Labute approximate surface area is 150 Å². The Bertz CT molecular complexity index is 537. The lowest BCUT2D eigenvalue weighted by Gasteiger charge is -2.35. The molecule has 5 heteroatoms. The first-order valence-electron chi connectivity index (χ1n) is 9.43. The smallest absolute Gasteiger partial charge is 0.248 e. The molecule has 1 aromatic rings. The summed E-state index contributed by atoms with van der Waals surface area (Å²) in [6, 6.07) is 11.5. The molecule has 1 aromatic carbocycles. The lowest BCUT2D eigenvalue weighted by molar-refractivity contribution is -0.138. The Balaban J connectivity index is 1.57. The highest BCUT2D eigenvalue weighted by Gasteiger charge is 2.39. The molecule has 5 nitrogen and oxygen atoms in total. The molecule has 0 aliphatic carbocycles. The van der Waals surface area contributed by atoms with Crippen LogP contribution in [0.3, 0.4) is 0 Å². The van der Waals surface area contributed by atoms with Crippen molar-refractivity contribution in [2.24, 2.45) is 0 Å². The molecule has 2 aliphatic heterocycles. The fourth-order valence-electron chi connectivity index (χ4n) is 4.19. The topological polar surface area (TPSA) is 42.0 Å². The van der Waals surface area contributed by atoms with Gasteiger partial charge in [-0.2, -0.15) is 0 Å². The molecule has 2 aliphatic rings. The van der Waals surface area contributed by atoms with Gasteiger partial charge in [0.2, 0.25) is 5.91 Å². The summed E-state index contributed by atoms with van der Waals surface area (Å²) in [5, 5.41) is 0. The fraction of sp³-hybridized carbons (Fsp3) is 0.650. The van der Waals surface area contributed by atoms with Gasteiger partial charge in [-0.1, -0.05) is 30.3 Å².